The van der Waals surface area contributed by atoms with Crippen LogP contribution >= 0.6 is 0 Å². The van der Waals surface area contributed by atoms with E-state index in [0.717, 1.165) is 5.69 Å². The van der Waals surface area contributed by atoms with E-state index in [-0.39, 0.29) is 12.5 Å². The van der Waals surface area contributed by atoms with Crippen LogP contribution < -0.4 is 10.1 Å². The van der Waals surface area contributed by atoms with Crippen molar-refractivity contribution in [2.75, 3.05) is 18.5 Å². The van der Waals surface area contributed by atoms with E-state index in [1.807, 2.05) is 31.2 Å². The summed E-state index contributed by atoms with van der Waals surface area (Å²) in [5.41, 5.74) is 3.41. The minimum Gasteiger partial charge on any atom is -0.490 e. The first-order valence-electron chi connectivity index (χ1n) is 10.1. The fourth-order valence-electron chi connectivity index (χ4n) is 3.28. The summed E-state index contributed by atoms with van der Waals surface area (Å²) in [5, 5.41) is 26.1. The molecule has 1 amide bonds. The van der Waals surface area contributed by atoms with Crippen LogP contribution in [-0.4, -0.2) is 55.0 Å². The Morgan fingerprint density at radius 2 is 1.91 bits per heavy atom. The lowest BCUT2D eigenvalue weighted by Gasteiger charge is -2.13. The molecule has 1 aromatic carbocycles. The minimum atomic E-state index is -0.986. The van der Waals surface area contributed by atoms with E-state index in [9.17, 15) is 9.90 Å². The van der Waals surface area contributed by atoms with Crippen LogP contribution in [0.1, 0.15) is 21.9 Å². The molecule has 3 aromatic heterocycles. The van der Waals surface area contributed by atoms with Gasteiger partial charge in [-0.25, -0.2) is 14.5 Å². The summed E-state index contributed by atoms with van der Waals surface area (Å²) < 4.78 is 7.16. The molecule has 9 nitrogen and oxygen atoms in total. The number of para-hydroxylation sites is 1. The quantitative estimate of drug-likeness (QED) is 0.409. The largest absolute Gasteiger partial charge is 0.490 e. The van der Waals surface area contributed by atoms with Gasteiger partial charge < -0.3 is 20.3 Å². The molecule has 0 fully saturated rings. The van der Waals surface area contributed by atoms with Crippen molar-refractivity contribution in [2.24, 2.45) is 0 Å². The van der Waals surface area contributed by atoms with Crippen LogP contribution in [0, 0.1) is 13.8 Å². The molecule has 0 saturated carbocycles. The minimum absolute atomic E-state index is 0.0584. The van der Waals surface area contributed by atoms with E-state index in [1.54, 1.807) is 37.3 Å². The molecule has 1 atom stereocenters. The number of ether oxygens (including phenoxy) is 1. The van der Waals surface area contributed by atoms with Crippen LogP contribution in [-0.2, 0) is 0 Å². The van der Waals surface area contributed by atoms with Gasteiger partial charge in [0.25, 0.3) is 5.91 Å². The summed E-state index contributed by atoms with van der Waals surface area (Å²) in [4.78, 5) is 21.8. The summed E-state index contributed by atoms with van der Waals surface area (Å²) in [5.74, 6) is 0.577. The summed E-state index contributed by atoms with van der Waals surface area (Å²) >= 11 is 0. The number of rotatable bonds is 7. The third kappa shape index (κ3) is 4.43. The Labute approximate surface area is 184 Å². The lowest BCUT2D eigenvalue weighted by Crippen LogP contribution is -2.21. The molecule has 32 heavy (non-hydrogen) atoms. The van der Waals surface area contributed by atoms with Gasteiger partial charge >= 0.3 is 0 Å². The molecule has 0 unspecified atom stereocenters. The molecule has 0 aliphatic rings. The first kappa shape index (κ1) is 21.4. The van der Waals surface area contributed by atoms with Gasteiger partial charge in [-0.05, 0) is 50.2 Å². The van der Waals surface area contributed by atoms with Crippen molar-refractivity contribution in [1.82, 2.24) is 19.6 Å². The molecular weight excluding hydrogens is 410 g/mol. The Morgan fingerprint density at radius 3 is 2.69 bits per heavy atom. The Bertz CT molecular complexity index is 1270. The highest BCUT2D eigenvalue weighted by molar-refractivity contribution is 6.03. The molecule has 0 bridgehead atoms. The molecule has 4 aromatic rings. The molecule has 164 valence electrons. The summed E-state index contributed by atoms with van der Waals surface area (Å²) in [7, 11) is 0. The predicted octanol–water partition coefficient (Wildman–Crippen LogP) is 2.39. The lowest BCUT2D eigenvalue weighted by molar-refractivity contribution is 0.0538. The van der Waals surface area contributed by atoms with Crippen molar-refractivity contribution in [2.45, 2.75) is 20.0 Å². The van der Waals surface area contributed by atoms with Crippen molar-refractivity contribution in [1.29, 1.82) is 0 Å². The van der Waals surface area contributed by atoms with Crippen molar-refractivity contribution in [3.8, 4) is 17.0 Å². The Kier molecular flexibility index (Phi) is 6.11. The van der Waals surface area contributed by atoms with Crippen molar-refractivity contribution < 1.29 is 19.7 Å². The number of amides is 1. The molecular formula is C23H23N5O4. The number of anilines is 1. The van der Waals surface area contributed by atoms with E-state index in [4.69, 9.17) is 9.84 Å². The zero-order valence-corrected chi connectivity index (χ0v) is 17.7. The molecule has 4 rings (SSSR count). The smallest absolute Gasteiger partial charge is 0.277 e. The van der Waals surface area contributed by atoms with Crippen LogP contribution in [0.4, 0.5) is 5.82 Å². The van der Waals surface area contributed by atoms with Gasteiger partial charge in [0.1, 0.15) is 24.3 Å². The highest BCUT2D eigenvalue weighted by Gasteiger charge is 2.20. The first-order valence-corrected chi connectivity index (χ1v) is 10.1. The SMILES string of the molecule is Cc1cccc(NC(=O)c2c(C)nc3ccc(-c4ccccc4OC[C@H](O)CO)nn23)n1. The van der Waals surface area contributed by atoms with Crippen molar-refractivity contribution in [3.05, 3.63) is 71.7 Å². The number of aryl methyl sites for hydroxylation is 2. The van der Waals surface area contributed by atoms with Crippen LogP contribution in [0.3, 0.4) is 0 Å². The fourth-order valence-corrected chi connectivity index (χ4v) is 3.28. The Morgan fingerprint density at radius 1 is 1.09 bits per heavy atom. The van der Waals surface area contributed by atoms with Gasteiger partial charge in [-0.1, -0.05) is 18.2 Å². The average Bonchev–Trinajstić information content (AvgIpc) is 3.12. The number of aliphatic hydroxyl groups is 2. The van der Waals surface area contributed by atoms with Crippen LogP contribution in [0.5, 0.6) is 5.75 Å². The van der Waals surface area contributed by atoms with E-state index >= 15 is 0 Å². The number of carbonyl (C=O) groups is 1. The van der Waals surface area contributed by atoms with Gasteiger partial charge in [0.05, 0.1) is 18.0 Å². The number of fused-ring (bicyclic) bond motifs is 1. The molecule has 0 saturated heterocycles. The topological polar surface area (TPSA) is 122 Å². The third-order valence-electron chi connectivity index (χ3n) is 4.80. The number of hydrogen-bond donors (Lipinski definition) is 3. The maximum absolute atomic E-state index is 13.0. The molecule has 0 spiro atoms. The van der Waals surface area contributed by atoms with Crippen LogP contribution in [0.25, 0.3) is 16.9 Å². The van der Waals surface area contributed by atoms with E-state index in [1.165, 1.54) is 4.52 Å². The number of nitrogens with zero attached hydrogens (tertiary/aromatic N) is 4. The zero-order valence-electron chi connectivity index (χ0n) is 17.7. The number of carbonyl (C=O) groups excluding carboxylic acids is 1. The average molecular weight is 433 g/mol. The fraction of sp³-hybridized carbons (Fsp3) is 0.217. The van der Waals surface area contributed by atoms with Gasteiger partial charge in [-0.3, -0.25) is 4.79 Å². The third-order valence-corrected chi connectivity index (χ3v) is 4.80. The van der Waals surface area contributed by atoms with Gasteiger partial charge in [0.2, 0.25) is 0 Å². The molecule has 0 radical (unpaired) electrons. The summed E-state index contributed by atoms with van der Waals surface area (Å²) in [6, 6.07) is 16.2. The number of nitrogens with one attached hydrogen (secondary N) is 1. The highest BCUT2D eigenvalue weighted by Crippen LogP contribution is 2.29. The number of hydrogen-bond acceptors (Lipinski definition) is 7. The maximum atomic E-state index is 13.0. The van der Waals surface area contributed by atoms with Crippen LogP contribution in [0.15, 0.2) is 54.6 Å². The Balaban J connectivity index is 1.70. The monoisotopic (exact) mass is 433 g/mol. The summed E-state index contributed by atoms with van der Waals surface area (Å²) in [6.45, 7) is 3.15. The van der Waals surface area contributed by atoms with Crippen molar-refractivity contribution >= 4 is 17.4 Å². The van der Waals surface area contributed by atoms with Gasteiger partial charge in [0.15, 0.2) is 11.3 Å². The lowest BCUT2D eigenvalue weighted by atomic mass is 10.1. The van der Waals surface area contributed by atoms with Crippen LogP contribution in [0.2, 0.25) is 0 Å². The van der Waals surface area contributed by atoms with E-state index in [2.05, 4.69) is 20.4 Å². The number of pyridine rings is 1. The molecule has 0 aliphatic carbocycles. The second-order valence-electron chi connectivity index (χ2n) is 7.30. The predicted molar refractivity (Wildman–Crippen MR) is 119 cm³/mol. The van der Waals surface area contributed by atoms with E-state index in [0.29, 0.717) is 39.9 Å². The van der Waals surface area contributed by atoms with Gasteiger partial charge in [-0.2, -0.15) is 5.10 Å². The molecule has 3 N–H and O–H groups in total. The van der Waals surface area contributed by atoms with E-state index < -0.39 is 12.7 Å². The second-order valence-corrected chi connectivity index (χ2v) is 7.30. The summed E-state index contributed by atoms with van der Waals surface area (Å²) in [6.07, 6.45) is -0.986. The zero-order chi connectivity index (χ0) is 22.7. The second kappa shape index (κ2) is 9.13. The Hall–Kier alpha value is -3.82. The molecule has 0 aliphatic heterocycles. The normalized spacial score (nSPS) is 12.0. The maximum Gasteiger partial charge on any atom is 0.277 e. The highest BCUT2D eigenvalue weighted by atomic mass is 16.5. The molecule has 3 heterocycles. The molecule has 9 heteroatoms. The number of imidazole rings is 1. The number of aliphatic hydroxyl groups excluding tert-OH is 2. The number of benzene rings is 1. The first-order chi connectivity index (χ1) is 15.5. The van der Waals surface area contributed by atoms with Gasteiger partial charge in [0, 0.05) is 11.3 Å². The standard InChI is InChI=1S/C23H23N5O4/c1-14-6-5-9-20(24-14)26-23(31)22-15(2)25-21-11-10-18(27-28(21)22)17-7-3-4-8-19(17)32-13-16(30)12-29/h3-11,16,29-30H,12-13H2,1-2H3,(H,24,26,31)/t16-/m1/s1. The van der Waals surface area contributed by atoms with Crippen molar-refractivity contribution in [3.63, 3.8) is 0 Å². The van der Waals surface area contributed by atoms with Gasteiger partial charge in [-0.15, -0.1) is 0 Å². The number of aromatic nitrogens is 4.